The van der Waals surface area contributed by atoms with E-state index in [0.29, 0.717) is 11.8 Å². The molecule has 32 heavy (non-hydrogen) atoms. The Labute approximate surface area is 190 Å². The summed E-state index contributed by atoms with van der Waals surface area (Å²) in [7, 11) is 0. The predicted molar refractivity (Wildman–Crippen MR) is 121 cm³/mol. The Balaban J connectivity index is 1.74. The normalized spacial score (nSPS) is 11.9. The number of benzene rings is 2. The topological polar surface area (TPSA) is 94.8 Å². The van der Waals surface area contributed by atoms with Crippen molar-refractivity contribution in [3.8, 4) is 5.75 Å². The summed E-state index contributed by atoms with van der Waals surface area (Å²) in [5.74, 6) is -0.965. The third-order valence-electron chi connectivity index (χ3n) is 4.88. The zero-order valence-electron chi connectivity index (χ0n) is 18.0. The quantitative estimate of drug-likeness (QED) is 0.309. The van der Waals surface area contributed by atoms with E-state index in [-0.39, 0.29) is 28.9 Å². The van der Waals surface area contributed by atoms with Gasteiger partial charge in [0, 0.05) is 17.5 Å². The van der Waals surface area contributed by atoms with Crippen molar-refractivity contribution < 1.29 is 23.5 Å². The highest BCUT2D eigenvalue weighted by Gasteiger charge is 2.28. The molecule has 0 fully saturated rings. The van der Waals surface area contributed by atoms with Gasteiger partial charge in [-0.05, 0) is 29.5 Å². The van der Waals surface area contributed by atoms with Crippen molar-refractivity contribution in [2.75, 3.05) is 0 Å². The summed E-state index contributed by atoms with van der Waals surface area (Å²) in [4.78, 5) is 36.8. The van der Waals surface area contributed by atoms with Gasteiger partial charge >= 0.3 is 17.7 Å². The number of fused-ring (bicyclic) bond motifs is 1. The van der Waals surface area contributed by atoms with Gasteiger partial charge in [0.15, 0.2) is 5.75 Å². The number of nitrogens with one attached hydrogen (secondary N) is 1. The Morgan fingerprint density at radius 3 is 2.50 bits per heavy atom. The number of rotatable bonds is 7. The van der Waals surface area contributed by atoms with Crippen LogP contribution in [-0.4, -0.2) is 18.1 Å². The summed E-state index contributed by atoms with van der Waals surface area (Å²) in [6, 6.07) is 12.6. The highest BCUT2D eigenvalue weighted by molar-refractivity contribution is 6.33. The predicted octanol–water partition coefficient (Wildman–Crippen LogP) is 4.87. The lowest BCUT2D eigenvalue weighted by Crippen LogP contribution is -2.46. The van der Waals surface area contributed by atoms with Gasteiger partial charge in [-0.3, -0.25) is 0 Å². The van der Waals surface area contributed by atoms with Crippen LogP contribution in [0, 0.1) is 5.92 Å². The minimum atomic E-state index is -0.973. The molecule has 0 saturated carbocycles. The molecule has 0 aliphatic heterocycles. The highest BCUT2D eigenvalue weighted by atomic mass is 35.5. The van der Waals surface area contributed by atoms with Gasteiger partial charge in [0.1, 0.15) is 18.2 Å². The van der Waals surface area contributed by atoms with Crippen LogP contribution >= 0.6 is 11.6 Å². The van der Waals surface area contributed by atoms with Crippen LogP contribution in [0.4, 0.5) is 4.79 Å². The van der Waals surface area contributed by atoms with E-state index in [0.717, 1.165) is 11.1 Å². The van der Waals surface area contributed by atoms with Gasteiger partial charge in [-0.2, -0.15) is 0 Å². The number of halogens is 1. The molecule has 7 nitrogen and oxygen atoms in total. The third-order valence-corrected chi connectivity index (χ3v) is 5.18. The van der Waals surface area contributed by atoms with Crippen LogP contribution in [0.3, 0.4) is 0 Å². The van der Waals surface area contributed by atoms with E-state index < -0.39 is 23.7 Å². The molecule has 0 bridgehead atoms. The molecule has 0 unspecified atom stereocenters. The summed E-state index contributed by atoms with van der Waals surface area (Å²) in [6.45, 7) is 5.50. The molecule has 0 aliphatic rings. The van der Waals surface area contributed by atoms with E-state index in [4.69, 9.17) is 25.5 Å². The van der Waals surface area contributed by atoms with Gasteiger partial charge in [0.25, 0.3) is 0 Å². The number of aryl methyl sites for hydroxylation is 1. The minimum Gasteiger partial charge on any atom is -0.445 e. The molecule has 0 spiro atoms. The first kappa shape index (κ1) is 23.3. The van der Waals surface area contributed by atoms with E-state index in [1.54, 1.807) is 19.9 Å². The molecule has 168 valence electrons. The summed E-state index contributed by atoms with van der Waals surface area (Å²) < 4.78 is 15.9. The largest absolute Gasteiger partial charge is 0.445 e. The zero-order valence-corrected chi connectivity index (χ0v) is 18.8. The van der Waals surface area contributed by atoms with Gasteiger partial charge in [0.2, 0.25) is 0 Å². The molecular weight excluding hydrogens is 434 g/mol. The van der Waals surface area contributed by atoms with Crippen molar-refractivity contribution in [3.05, 3.63) is 75.1 Å². The van der Waals surface area contributed by atoms with Gasteiger partial charge in [0.05, 0.1) is 5.02 Å². The van der Waals surface area contributed by atoms with Gasteiger partial charge in [-0.25, -0.2) is 14.4 Å². The van der Waals surface area contributed by atoms with Crippen LogP contribution in [-0.2, 0) is 22.6 Å². The minimum absolute atomic E-state index is 0.0330. The Bertz CT molecular complexity index is 1170. The first-order valence-electron chi connectivity index (χ1n) is 10.2. The molecule has 3 aromatic rings. The van der Waals surface area contributed by atoms with Crippen LogP contribution in [0.15, 0.2) is 57.7 Å². The third kappa shape index (κ3) is 5.68. The summed E-state index contributed by atoms with van der Waals surface area (Å²) >= 11 is 6.31. The molecule has 8 heteroatoms. The van der Waals surface area contributed by atoms with E-state index in [1.165, 1.54) is 12.1 Å². The fourth-order valence-corrected chi connectivity index (χ4v) is 3.36. The lowest BCUT2D eigenvalue weighted by atomic mass is 10.0. The van der Waals surface area contributed by atoms with E-state index >= 15 is 0 Å². The molecule has 1 N–H and O–H groups in total. The van der Waals surface area contributed by atoms with Crippen molar-refractivity contribution in [2.45, 2.75) is 39.8 Å². The van der Waals surface area contributed by atoms with E-state index in [1.807, 2.05) is 37.3 Å². The Morgan fingerprint density at radius 1 is 1.12 bits per heavy atom. The van der Waals surface area contributed by atoms with Crippen LogP contribution < -0.4 is 15.7 Å². The zero-order chi connectivity index (χ0) is 23.3. The number of carbonyl (C=O) groups excluding carboxylic acids is 2. The molecular formula is C24H24ClNO6. The average Bonchev–Trinajstić information content (AvgIpc) is 2.76. The number of ether oxygens (including phenoxy) is 2. The van der Waals surface area contributed by atoms with Gasteiger partial charge < -0.3 is 19.2 Å². The molecule has 2 aromatic carbocycles. The monoisotopic (exact) mass is 457 g/mol. The molecule has 1 heterocycles. The molecule has 1 aromatic heterocycles. The molecule has 3 rings (SSSR count). The summed E-state index contributed by atoms with van der Waals surface area (Å²) in [5, 5.41) is 3.39. The number of carbonyl (C=O) groups is 2. The second kappa shape index (κ2) is 10.3. The number of hydrogen-bond donors (Lipinski definition) is 1. The van der Waals surface area contributed by atoms with Crippen molar-refractivity contribution in [2.24, 2.45) is 5.92 Å². The Morgan fingerprint density at radius 2 is 1.84 bits per heavy atom. The van der Waals surface area contributed by atoms with Crippen molar-refractivity contribution in [1.82, 2.24) is 5.32 Å². The molecule has 1 amide bonds. The number of amides is 1. The van der Waals surface area contributed by atoms with Gasteiger partial charge in [-0.1, -0.05) is 62.7 Å². The van der Waals surface area contributed by atoms with Crippen molar-refractivity contribution >= 4 is 34.6 Å². The average molecular weight is 458 g/mol. The van der Waals surface area contributed by atoms with Crippen LogP contribution in [0.2, 0.25) is 5.02 Å². The molecule has 0 saturated heterocycles. The fraction of sp³-hybridized carbons (Fsp3) is 0.292. The van der Waals surface area contributed by atoms with Crippen molar-refractivity contribution in [3.63, 3.8) is 0 Å². The Kier molecular flexibility index (Phi) is 7.53. The standard InChI is InChI=1S/C24H24ClNO6/c1-4-16-10-21(27)31-19-12-20(18(25)11-17(16)19)32-23(28)22(14(2)3)26-24(29)30-13-15-8-6-5-7-9-15/h5-12,14,22H,4,13H2,1-3H3,(H,26,29)/t22-/m0/s1. The first-order chi connectivity index (χ1) is 15.3. The maximum absolute atomic E-state index is 12.8. The molecule has 0 aliphatic carbocycles. The van der Waals surface area contributed by atoms with Gasteiger partial charge in [-0.15, -0.1) is 0 Å². The summed E-state index contributed by atoms with van der Waals surface area (Å²) in [5.41, 5.74) is 1.36. The number of alkyl carbamates (subject to hydrolysis) is 1. The highest BCUT2D eigenvalue weighted by Crippen LogP contribution is 2.32. The summed E-state index contributed by atoms with van der Waals surface area (Å²) in [6.07, 6.45) is -0.130. The van der Waals surface area contributed by atoms with Crippen LogP contribution in [0.1, 0.15) is 31.9 Å². The number of hydrogen-bond acceptors (Lipinski definition) is 6. The molecule has 0 radical (unpaired) electrons. The van der Waals surface area contributed by atoms with Crippen LogP contribution in [0.5, 0.6) is 5.75 Å². The van der Waals surface area contributed by atoms with Crippen LogP contribution in [0.25, 0.3) is 11.0 Å². The van der Waals surface area contributed by atoms with E-state index in [9.17, 15) is 14.4 Å². The lowest BCUT2D eigenvalue weighted by molar-refractivity contribution is -0.137. The first-order valence-corrected chi connectivity index (χ1v) is 10.6. The maximum atomic E-state index is 12.8. The maximum Gasteiger partial charge on any atom is 0.408 e. The number of esters is 1. The fourth-order valence-electron chi connectivity index (χ4n) is 3.16. The second-order valence-electron chi connectivity index (χ2n) is 7.57. The molecule has 1 atom stereocenters. The second-order valence-corrected chi connectivity index (χ2v) is 7.98. The lowest BCUT2D eigenvalue weighted by Gasteiger charge is -2.21. The van der Waals surface area contributed by atoms with E-state index in [2.05, 4.69) is 5.32 Å². The Hall–Kier alpha value is -3.32. The SMILES string of the molecule is CCc1cc(=O)oc2cc(OC(=O)[C@@H](NC(=O)OCc3ccccc3)C(C)C)c(Cl)cc12. The smallest absolute Gasteiger partial charge is 0.408 e. The van der Waals surface area contributed by atoms with Crippen molar-refractivity contribution in [1.29, 1.82) is 0 Å².